The Balaban J connectivity index is 2.02. The Kier molecular flexibility index (Phi) is 4.48. The largest absolute Gasteiger partial charge is 0.326 e. The fourth-order valence-corrected chi connectivity index (χ4v) is 3.76. The molecule has 2 aliphatic rings. The molecule has 17 heavy (non-hydrogen) atoms. The molecule has 2 heteroatoms. The first-order chi connectivity index (χ1) is 8.11. The van der Waals surface area contributed by atoms with Crippen molar-refractivity contribution in [3.63, 3.8) is 0 Å². The molecule has 2 N–H and O–H groups in total. The van der Waals surface area contributed by atoms with E-state index >= 15 is 0 Å². The minimum absolute atomic E-state index is 0.421. The van der Waals surface area contributed by atoms with Crippen LogP contribution in [0, 0.1) is 11.8 Å². The van der Waals surface area contributed by atoms with Crippen molar-refractivity contribution in [1.29, 1.82) is 0 Å². The highest BCUT2D eigenvalue weighted by Gasteiger charge is 2.35. The maximum absolute atomic E-state index is 6.38. The second-order valence-electron chi connectivity index (χ2n) is 6.55. The standard InChI is InChI=1S/C15H30N2/c1-4-13-7-6-12(3)17(10-13)15-9-11(2)5-8-14(15)16/h11-15H,4-10,16H2,1-3H3. The normalized spacial score (nSPS) is 44.8. The van der Waals surface area contributed by atoms with E-state index in [1.165, 1.54) is 45.1 Å². The minimum atomic E-state index is 0.421. The van der Waals surface area contributed by atoms with Crippen LogP contribution in [0.1, 0.15) is 59.3 Å². The van der Waals surface area contributed by atoms with Crippen LogP contribution in [-0.4, -0.2) is 29.6 Å². The SMILES string of the molecule is CCC1CCC(C)N(C2CC(C)CCC2N)C1. The molecule has 1 heterocycles. The average Bonchev–Trinajstić information content (AvgIpc) is 2.33. The number of piperidine rings is 1. The average molecular weight is 238 g/mol. The first-order valence-corrected chi connectivity index (χ1v) is 7.63. The van der Waals surface area contributed by atoms with Crippen LogP contribution >= 0.6 is 0 Å². The van der Waals surface area contributed by atoms with Crippen LogP contribution in [0.5, 0.6) is 0 Å². The van der Waals surface area contributed by atoms with Crippen molar-refractivity contribution < 1.29 is 0 Å². The molecule has 0 aromatic rings. The van der Waals surface area contributed by atoms with Gasteiger partial charge in [-0.25, -0.2) is 0 Å². The van der Waals surface area contributed by atoms with Crippen LogP contribution in [0.2, 0.25) is 0 Å². The van der Waals surface area contributed by atoms with Crippen LogP contribution in [0.25, 0.3) is 0 Å². The van der Waals surface area contributed by atoms with Crippen molar-refractivity contribution in [2.24, 2.45) is 17.6 Å². The van der Waals surface area contributed by atoms with E-state index in [4.69, 9.17) is 5.73 Å². The van der Waals surface area contributed by atoms with E-state index in [0.717, 1.165) is 17.9 Å². The number of hydrogen-bond donors (Lipinski definition) is 1. The van der Waals surface area contributed by atoms with Crippen molar-refractivity contribution in [1.82, 2.24) is 4.90 Å². The Hall–Kier alpha value is -0.0800. The van der Waals surface area contributed by atoms with Gasteiger partial charge in [0.05, 0.1) is 0 Å². The second-order valence-corrected chi connectivity index (χ2v) is 6.55. The molecule has 0 bridgehead atoms. The monoisotopic (exact) mass is 238 g/mol. The van der Waals surface area contributed by atoms with Crippen molar-refractivity contribution >= 4 is 0 Å². The third kappa shape index (κ3) is 3.03. The van der Waals surface area contributed by atoms with Crippen LogP contribution in [-0.2, 0) is 0 Å². The zero-order valence-electron chi connectivity index (χ0n) is 11.9. The van der Waals surface area contributed by atoms with Crippen molar-refractivity contribution in [2.75, 3.05) is 6.54 Å². The molecular formula is C15H30N2. The van der Waals surface area contributed by atoms with Gasteiger partial charge in [0.15, 0.2) is 0 Å². The van der Waals surface area contributed by atoms with Crippen molar-refractivity contribution in [3.8, 4) is 0 Å². The molecule has 0 aromatic carbocycles. The summed E-state index contributed by atoms with van der Waals surface area (Å²) < 4.78 is 0. The number of likely N-dealkylation sites (tertiary alicyclic amines) is 1. The smallest absolute Gasteiger partial charge is 0.0252 e. The lowest BCUT2D eigenvalue weighted by atomic mass is 9.80. The highest BCUT2D eigenvalue weighted by atomic mass is 15.2. The van der Waals surface area contributed by atoms with Gasteiger partial charge in [-0.1, -0.05) is 20.3 Å². The summed E-state index contributed by atoms with van der Waals surface area (Å²) in [7, 11) is 0. The van der Waals surface area contributed by atoms with Gasteiger partial charge >= 0.3 is 0 Å². The Morgan fingerprint density at radius 1 is 1.12 bits per heavy atom. The Labute approximate surface area is 107 Å². The maximum atomic E-state index is 6.38. The highest BCUT2D eigenvalue weighted by molar-refractivity contribution is 4.92. The summed E-state index contributed by atoms with van der Waals surface area (Å²) in [6, 6.07) is 1.83. The van der Waals surface area contributed by atoms with E-state index in [1.807, 2.05) is 0 Å². The van der Waals surface area contributed by atoms with Gasteiger partial charge in [-0.3, -0.25) is 4.90 Å². The van der Waals surface area contributed by atoms with Gasteiger partial charge in [0.2, 0.25) is 0 Å². The molecular weight excluding hydrogens is 208 g/mol. The van der Waals surface area contributed by atoms with Crippen LogP contribution in [0.15, 0.2) is 0 Å². The number of nitrogens with zero attached hydrogens (tertiary/aromatic N) is 1. The molecule has 5 atom stereocenters. The number of hydrogen-bond acceptors (Lipinski definition) is 2. The summed E-state index contributed by atoms with van der Waals surface area (Å²) in [5.74, 6) is 1.78. The Morgan fingerprint density at radius 2 is 1.88 bits per heavy atom. The molecule has 1 aliphatic carbocycles. The topological polar surface area (TPSA) is 29.3 Å². The Morgan fingerprint density at radius 3 is 2.59 bits per heavy atom. The van der Waals surface area contributed by atoms with E-state index in [-0.39, 0.29) is 0 Å². The molecule has 2 nitrogen and oxygen atoms in total. The molecule has 0 radical (unpaired) electrons. The maximum Gasteiger partial charge on any atom is 0.0252 e. The molecule has 1 aliphatic heterocycles. The Bertz CT molecular complexity index is 241. The quantitative estimate of drug-likeness (QED) is 0.801. The van der Waals surface area contributed by atoms with Gasteiger partial charge in [-0.2, -0.15) is 0 Å². The fourth-order valence-electron chi connectivity index (χ4n) is 3.76. The van der Waals surface area contributed by atoms with E-state index in [1.54, 1.807) is 0 Å². The molecule has 0 amide bonds. The number of rotatable bonds is 2. The van der Waals surface area contributed by atoms with Gasteiger partial charge in [-0.05, 0) is 50.9 Å². The highest BCUT2D eigenvalue weighted by Crippen LogP contribution is 2.33. The lowest BCUT2D eigenvalue weighted by Crippen LogP contribution is -2.56. The van der Waals surface area contributed by atoms with E-state index < -0.39 is 0 Å². The molecule has 2 rings (SSSR count). The van der Waals surface area contributed by atoms with Crippen LogP contribution in [0.3, 0.4) is 0 Å². The molecule has 0 spiro atoms. The van der Waals surface area contributed by atoms with Gasteiger partial charge < -0.3 is 5.73 Å². The first kappa shape index (κ1) is 13.4. The van der Waals surface area contributed by atoms with E-state index in [9.17, 15) is 0 Å². The van der Waals surface area contributed by atoms with Gasteiger partial charge in [0.25, 0.3) is 0 Å². The molecule has 5 unspecified atom stereocenters. The lowest BCUT2D eigenvalue weighted by molar-refractivity contribution is 0.0323. The molecule has 2 fully saturated rings. The summed E-state index contributed by atoms with van der Waals surface area (Å²) in [4.78, 5) is 2.75. The zero-order chi connectivity index (χ0) is 12.4. The predicted octanol–water partition coefficient (Wildman–Crippen LogP) is 3.01. The predicted molar refractivity (Wildman–Crippen MR) is 74.0 cm³/mol. The summed E-state index contributed by atoms with van der Waals surface area (Å²) in [6.45, 7) is 8.42. The van der Waals surface area contributed by atoms with Crippen LogP contribution < -0.4 is 5.73 Å². The fraction of sp³-hybridized carbons (Fsp3) is 1.00. The summed E-state index contributed by atoms with van der Waals surface area (Å²) in [5.41, 5.74) is 6.38. The van der Waals surface area contributed by atoms with E-state index in [2.05, 4.69) is 25.7 Å². The van der Waals surface area contributed by atoms with Crippen molar-refractivity contribution in [3.05, 3.63) is 0 Å². The summed E-state index contributed by atoms with van der Waals surface area (Å²) in [6.07, 6.45) is 8.01. The molecule has 100 valence electrons. The third-order valence-corrected chi connectivity index (χ3v) is 5.16. The van der Waals surface area contributed by atoms with Crippen molar-refractivity contribution in [2.45, 2.75) is 77.4 Å². The lowest BCUT2D eigenvalue weighted by Gasteiger charge is -2.47. The third-order valence-electron chi connectivity index (χ3n) is 5.16. The van der Waals surface area contributed by atoms with Gasteiger partial charge in [0, 0.05) is 24.7 Å². The minimum Gasteiger partial charge on any atom is -0.326 e. The summed E-state index contributed by atoms with van der Waals surface area (Å²) in [5, 5.41) is 0. The van der Waals surface area contributed by atoms with E-state index in [0.29, 0.717) is 12.1 Å². The molecule has 1 saturated carbocycles. The van der Waals surface area contributed by atoms with Gasteiger partial charge in [-0.15, -0.1) is 0 Å². The van der Waals surface area contributed by atoms with Crippen LogP contribution in [0.4, 0.5) is 0 Å². The second kappa shape index (κ2) is 5.71. The van der Waals surface area contributed by atoms with Gasteiger partial charge in [0.1, 0.15) is 0 Å². The molecule has 0 aromatic heterocycles. The first-order valence-electron chi connectivity index (χ1n) is 7.63. The molecule has 1 saturated heterocycles. The zero-order valence-corrected chi connectivity index (χ0v) is 11.9. The summed E-state index contributed by atoms with van der Waals surface area (Å²) >= 11 is 0. The number of nitrogens with two attached hydrogens (primary N) is 1.